The molecular formula is C11H16N4O. The Kier molecular flexibility index (Phi) is 3.46. The van der Waals surface area contributed by atoms with Crippen LogP contribution in [-0.2, 0) is 0 Å². The van der Waals surface area contributed by atoms with Gasteiger partial charge in [0.25, 0.3) is 5.91 Å². The van der Waals surface area contributed by atoms with Gasteiger partial charge < -0.3 is 10.6 Å². The normalized spacial score (nSPS) is 20.4. The van der Waals surface area contributed by atoms with E-state index < -0.39 is 0 Å². The number of hydrogen-bond donors (Lipinski definition) is 2. The molecule has 1 aliphatic rings. The smallest absolute Gasteiger partial charge is 0.271 e. The monoisotopic (exact) mass is 220 g/mol. The van der Waals surface area contributed by atoms with Crippen molar-refractivity contribution in [1.29, 1.82) is 0 Å². The van der Waals surface area contributed by atoms with E-state index in [0.29, 0.717) is 5.69 Å². The Hall–Kier alpha value is -1.49. The van der Waals surface area contributed by atoms with Crippen LogP contribution in [0.25, 0.3) is 0 Å². The minimum atomic E-state index is -0.138. The summed E-state index contributed by atoms with van der Waals surface area (Å²) in [6.07, 6.45) is 5.25. The molecule has 5 heteroatoms. The van der Waals surface area contributed by atoms with Crippen molar-refractivity contribution in [2.45, 2.75) is 25.8 Å². The number of piperidine rings is 1. The standard InChI is InChI=1S/C11H16N4O/c1-8-5-14-10(7-13-8)11(16)15-9-3-2-4-12-6-9/h5,7,9,12H,2-4,6H2,1H3,(H,15,16). The third-order valence-corrected chi connectivity index (χ3v) is 2.65. The number of carbonyl (C=O) groups is 1. The second kappa shape index (κ2) is 5.03. The molecular weight excluding hydrogens is 204 g/mol. The molecule has 2 rings (SSSR count). The molecule has 16 heavy (non-hydrogen) atoms. The number of nitrogens with zero attached hydrogens (tertiary/aromatic N) is 2. The topological polar surface area (TPSA) is 66.9 Å². The quantitative estimate of drug-likeness (QED) is 0.750. The number of rotatable bonds is 2. The molecule has 1 aliphatic heterocycles. The van der Waals surface area contributed by atoms with Crippen molar-refractivity contribution in [3.63, 3.8) is 0 Å². The first-order valence-electron chi connectivity index (χ1n) is 5.56. The summed E-state index contributed by atoms with van der Waals surface area (Å²) >= 11 is 0. The van der Waals surface area contributed by atoms with E-state index >= 15 is 0 Å². The van der Waals surface area contributed by atoms with Crippen molar-refractivity contribution in [3.05, 3.63) is 23.8 Å². The second-order valence-corrected chi connectivity index (χ2v) is 4.06. The summed E-state index contributed by atoms with van der Waals surface area (Å²) in [6.45, 7) is 3.72. The summed E-state index contributed by atoms with van der Waals surface area (Å²) < 4.78 is 0. The first-order valence-corrected chi connectivity index (χ1v) is 5.56. The third kappa shape index (κ3) is 2.76. The number of carbonyl (C=O) groups excluding carboxylic acids is 1. The number of nitrogens with one attached hydrogen (secondary N) is 2. The van der Waals surface area contributed by atoms with Gasteiger partial charge in [0.15, 0.2) is 0 Å². The molecule has 0 radical (unpaired) electrons. The molecule has 1 amide bonds. The first-order chi connectivity index (χ1) is 7.75. The molecule has 0 aromatic carbocycles. The predicted molar refractivity (Wildman–Crippen MR) is 60.1 cm³/mol. The summed E-state index contributed by atoms with van der Waals surface area (Å²) in [7, 11) is 0. The summed E-state index contributed by atoms with van der Waals surface area (Å²) in [5, 5.41) is 6.20. The molecule has 0 aliphatic carbocycles. The Labute approximate surface area is 94.7 Å². The van der Waals surface area contributed by atoms with E-state index in [9.17, 15) is 4.79 Å². The van der Waals surface area contributed by atoms with Crippen LogP contribution in [0.4, 0.5) is 0 Å². The number of aryl methyl sites for hydroxylation is 1. The molecule has 2 N–H and O–H groups in total. The van der Waals surface area contributed by atoms with Gasteiger partial charge in [0.05, 0.1) is 11.9 Å². The molecule has 86 valence electrons. The fourth-order valence-corrected chi connectivity index (χ4v) is 1.74. The van der Waals surface area contributed by atoms with Crippen LogP contribution >= 0.6 is 0 Å². The highest BCUT2D eigenvalue weighted by Gasteiger charge is 2.16. The highest BCUT2D eigenvalue weighted by Crippen LogP contribution is 2.02. The van der Waals surface area contributed by atoms with Gasteiger partial charge in [-0.05, 0) is 26.3 Å². The molecule has 0 saturated carbocycles. The van der Waals surface area contributed by atoms with E-state index in [1.165, 1.54) is 6.20 Å². The van der Waals surface area contributed by atoms with Gasteiger partial charge in [-0.25, -0.2) is 4.98 Å². The van der Waals surface area contributed by atoms with E-state index in [-0.39, 0.29) is 11.9 Å². The lowest BCUT2D eigenvalue weighted by molar-refractivity contribution is 0.0925. The summed E-state index contributed by atoms with van der Waals surface area (Å²) in [5.74, 6) is -0.138. The van der Waals surface area contributed by atoms with Crippen LogP contribution in [0.5, 0.6) is 0 Å². The summed E-state index contributed by atoms with van der Waals surface area (Å²) in [4.78, 5) is 19.9. The van der Waals surface area contributed by atoms with Crippen LogP contribution in [0.1, 0.15) is 29.0 Å². The lowest BCUT2D eigenvalue weighted by Crippen LogP contribution is -2.45. The highest BCUT2D eigenvalue weighted by atomic mass is 16.1. The Morgan fingerprint density at radius 2 is 2.38 bits per heavy atom. The molecule has 1 aromatic heterocycles. The minimum Gasteiger partial charge on any atom is -0.347 e. The largest absolute Gasteiger partial charge is 0.347 e. The van der Waals surface area contributed by atoms with Gasteiger partial charge in [-0.3, -0.25) is 9.78 Å². The maximum absolute atomic E-state index is 11.8. The van der Waals surface area contributed by atoms with Crippen molar-refractivity contribution in [2.75, 3.05) is 13.1 Å². The van der Waals surface area contributed by atoms with Crippen molar-refractivity contribution in [3.8, 4) is 0 Å². The van der Waals surface area contributed by atoms with E-state index in [2.05, 4.69) is 20.6 Å². The molecule has 1 fully saturated rings. The molecule has 1 atom stereocenters. The van der Waals surface area contributed by atoms with Crippen molar-refractivity contribution in [1.82, 2.24) is 20.6 Å². The molecule has 0 spiro atoms. The Bertz CT molecular complexity index is 357. The van der Waals surface area contributed by atoms with Gasteiger partial charge >= 0.3 is 0 Å². The van der Waals surface area contributed by atoms with Crippen LogP contribution in [0.15, 0.2) is 12.4 Å². The lowest BCUT2D eigenvalue weighted by atomic mass is 10.1. The molecule has 5 nitrogen and oxygen atoms in total. The molecule has 1 saturated heterocycles. The van der Waals surface area contributed by atoms with Crippen LogP contribution in [0.3, 0.4) is 0 Å². The second-order valence-electron chi connectivity index (χ2n) is 4.06. The number of amides is 1. The van der Waals surface area contributed by atoms with Crippen LogP contribution < -0.4 is 10.6 Å². The minimum absolute atomic E-state index is 0.138. The van der Waals surface area contributed by atoms with Gasteiger partial charge in [0, 0.05) is 18.8 Å². The SMILES string of the molecule is Cc1cnc(C(=O)NC2CCCNC2)cn1. The fourth-order valence-electron chi connectivity index (χ4n) is 1.74. The van der Waals surface area contributed by atoms with E-state index in [4.69, 9.17) is 0 Å². The maximum Gasteiger partial charge on any atom is 0.271 e. The van der Waals surface area contributed by atoms with Crippen LogP contribution in [-0.4, -0.2) is 35.0 Å². The van der Waals surface area contributed by atoms with E-state index in [0.717, 1.165) is 31.6 Å². The highest BCUT2D eigenvalue weighted by molar-refractivity contribution is 5.92. The van der Waals surface area contributed by atoms with Crippen molar-refractivity contribution < 1.29 is 4.79 Å². The lowest BCUT2D eigenvalue weighted by Gasteiger charge is -2.23. The zero-order valence-electron chi connectivity index (χ0n) is 9.36. The summed E-state index contributed by atoms with van der Waals surface area (Å²) in [5.41, 5.74) is 1.20. The Balaban J connectivity index is 1.94. The van der Waals surface area contributed by atoms with Crippen molar-refractivity contribution >= 4 is 5.91 Å². The zero-order valence-corrected chi connectivity index (χ0v) is 9.36. The van der Waals surface area contributed by atoms with E-state index in [1.54, 1.807) is 6.20 Å². The molecule has 1 aromatic rings. The number of hydrogen-bond acceptors (Lipinski definition) is 4. The average molecular weight is 220 g/mol. The summed E-state index contributed by atoms with van der Waals surface area (Å²) in [6, 6.07) is 0.212. The average Bonchev–Trinajstić information content (AvgIpc) is 2.31. The Morgan fingerprint density at radius 3 is 3.00 bits per heavy atom. The van der Waals surface area contributed by atoms with Gasteiger partial charge in [0.2, 0.25) is 0 Å². The van der Waals surface area contributed by atoms with Crippen LogP contribution in [0, 0.1) is 6.92 Å². The van der Waals surface area contributed by atoms with Crippen molar-refractivity contribution in [2.24, 2.45) is 0 Å². The van der Waals surface area contributed by atoms with Gasteiger partial charge in [-0.2, -0.15) is 0 Å². The molecule has 2 heterocycles. The molecule has 1 unspecified atom stereocenters. The predicted octanol–water partition coefficient (Wildman–Crippen LogP) is 0.267. The number of aromatic nitrogens is 2. The van der Waals surface area contributed by atoms with Gasteiger partial charge in [-0.1, -0.05) is 0 Å². The zero-order chi connectivity index (χ0) is 11.4. The van der Waals surface area contributed by atoms with E-state index in [1.807, 2.05) is 6.92 Å². The first kappa shape index (κ1) is 11.0. The maximum atomic E-state index is 11.8. The van der Waals surface area contributed by atoms with Gasteiger partial charge in [-0.15, -0.1) is 0 Å². The fraction of sp³-hybridized carbons (Fsp3) is 0.545. The van der Waals surface area contributed by atoms with Gasteiger partial charge in [0.1, 0.15) is 5.69 Å². The Morgan fingerprint density at radius 1 is 1.50 bits per heavy atom. The third-order valence-electron chi connectivity index (χ3n) is 2.65. The van der Waals surface area contributed by atoms with Crippen LogP contribution in [0.2, 0.25) is 0 Å². The molecule has 0 bridgehead atoms.